The first kappa shape index (κ1) is 15.4. The van der Waals surface area contributed by atoms with Gasteiger partial charge in [0.1, 0.15) is 5.75 Å². The second kappa shape index (κ2) is 7.70. The van der Waals surface area contributed by atoms with Gasteiger partial charge in [-0.25, -0.2) is 0 Å². The maximum Gasteiger partial charge on any atom is 0.119 e. The molecule has 0 amide bonds. The van der Waals surface area contributed by atoms with Crippen molar-refractivity contribution in [3.8, 4) is 5.75 Å². The minimum absolute atomic E-state index is 0.649. The average Bonchev–Trinajstić information content (AvgIpc) is 2.47. The summed E-state index contributed by atoms with van der Waals surface area (Å²) in [6.45, 7) is 6.22. The number of rotatable bonds is 7. The Balaban J connectivity index is 2.01. The Labute approximate surface area is 126 Å². The van der Waals surface area contributed by atoms with Gasteiger partial charge in [0, 0.05) is 19.3 Å². The lowest BCUT2D eigenvalue weighted by Gasteiger charge is -2.12. The fourth-order valence-corrected chi connectivity index (χ4v) is 2.28. The summed E-state index contributed by atoms with van der Waals surface area (Å²) in [6.07, 6.45) is 0. The van der Waals surface area contributed by atoms with Crippen LogP contribution < -0.4 is 10.1 Å². The Morgan fingerprint density at radius 2 is 1.86 bits per heavy atom. The molecule has 0 bridgehead atoms. The van der Waals surface area contributed by atoms with Crippen molar-refractivity contribution in [2.75, 3.05) is 19.0 Å². The van der Waals surface area contributed by atoms with E-state index in [0.29, 0.717) is 13.2 Å². The van der Waals surface area contributed by atoms with Crippen LogP contribution in [0, 0.1) is 6.92 Å². The monoisotopic (exact) mass is 285 g/mol. The summed E-state index contributed by atoms with van der Waals surface area (Å²) in [5, 5.41) is 3.47. The fourth-order valence-electron chi connectivity index (χ4n) is 2.28. The molecule has 21 heavy (non-hydrogen) atoms. The molecule has 0 saturated heterocycles. The first-order valence-electron chi connectivity index (χ1n) is 7.27. The van der Waals surface area contributed by atoms with Crippen molar-refractivity contribution in [3.05, 3.63) is 59.2 Å². The molecule has 0 aromatic heterocycles. The molecule has 0 heterocycles. The molecule has 2 aromatic rings. The molecule has 0 unspecified atom stereocenters. The molecule has 0 saturated carbocycles. The van der Waals surface area contributed by atoms with Gasteiger partial charge < -0.3 is 14.8 Å². The van der Waals surface area contributed by atoms with Gasteiger partial charge in [0.05, 0.1) is 13.2 Å². The quantitative estimate of drug-likeness (QED) is 0.829. The van der Waals surface area contributed by atoms with Crippen molar-refractivity contribution in [1.29, 1.82) is 0 Å². The molecule has 0 aliphatic heterocycles. The molecule has 1 N–H and O–H groups in total. The second-order valence-corrected chi connectivity index (χ2v) is 5.02. The Hall–Kier alpha value is -2.00. The van der Waals surface area contributed by atoms with E-state index in [-0.39, 0.29) is 0 Å². The minimum Gasteiger partial charge on any atom is -0.494 e. The van der Waals surface area contributed by atoms with Gasteiger partial charge in [-0.05, 0) is 48.7 Å². The van der Waals surface area contributed by atoms with E-state index in [0.717, 1.165) is 18.0 Å². The van der Waals surface area contributed by atoms with E-state index < -0.39 is 0 Å². The zero-order valence-corrected chi connectivity index (χ0v) is 13.0. The van der Waals surface area contributed by atoms with Crippen LogP contribution in [0.4, 0.5) is 5.69 Å². The predicted octanol–water partition coefficient (Wildman–Crippen LogP) is 4.15. The Bertz CT molecular complexity index is 581. The van der Waals surface area contributed by atoms with Gasteiger partial charge in [-0.2, -0.15) is 0 Å². The molecule has 2 aromatic carbocycles. The Morgan fingerprint density at radius 1 is 1.05 bits per heavy atom. The molecular formula is C18H23NO2. The lowest BCUT2D eigenvalue weighted by molar-refractivity contribution is 0.185. The average molecular weight is 285 g/mol. The summed E-state index contributed by atoms with van der Waals surface area (Å²) in [6, 6.07) is 14.6. The van der Waals surface area contributed by atoms with E-state index in [1.165, 1.54) is 16.7 Å². The highest BCUT2D eigenvalue weighted by Gasteiger charge is 2.01. The largest absolute Gasteiger partial charge is 0.494 e. The smallest absolute Gasteiger partial charge is 0.119 e. The van der Waals surface area contributed by atoms with Crippen LogP contribution in [0.1, 0.15) is 23.6 Å². The molecule has 3 heteroatoms. The van der Waals surface area contributed by atoms with Crippen LogP contribution in [0.5, 0.6) is 5.75 Å². The molecule has 2 rings (SSSR count). The van der Waals surface area contributed by atoms with Gasteiger partial charge in [-0.3, -0.25) is 0 Å². The Kier molecular flexibility index (Phi) is 5.64. The highest BCUT2D eigenvalue weighted by molar-refractivity contribution is 5.53. The summed E-state index contributed by atoms with van der Waals surface area (Å²) >= 11 is 0. The third-order valence-corrected chi connectivity index (χ3v) is 3.29. The first-order chi connectivity index (χ1) is 10.2. The molecule has 112 valence electrons. The number of hydrogen-bond donors (Lipinski definition) is 1. The number of methoxy groups -OCH3 is 1. The molecule has 0 fully saturated rings. The number of ether oxygens (including phenoxy) is 2. The predicted molar refractivity (Wildman–Crippen MR) is 86.8 cm³/mol. The number of nitrogens with one attached hydrogen (secondary N) is 1. The van der Waals surface area contributed by atoms with E-state index in [1.54, 1.807) is 7.11 Å². The van der Waals surface area contributed by atoms with Crippen molar-refractivity contribution in [3.63, 3.8) is 0 Å². The van der Waals surface area contributed by atoms with Gasteiger partial charge in [0.25, 0.3) is 0 Å². The fraction of sp³-hybridized carbons (Fsp3) is 0.333. The second-order valence-electron chi connectivity index (χ2n) is 5.02. The highest BCUT2D eigenvalue weighted by atomic mass is 16.5. The summed E-state index contributed by atoms with van der Waals surface area (Å²) in [5.41, 5.74) is 4.77. The van der Waals surface area contributed by atoms with Crippen LogP contribution in [-0.2, 0) is 17.9 Å². The van der Waals surface area contributed by atoms with Gasteiger partial charge in [0.15, 0.2) is 0 Å². The standard InChI is InChI=1S/C18H23NO2/c1-4-21-17-8-9-18(14(2)10-17)19-12-15-6-5-7-16(11-15)13-20-3/h5-11,19H,4,12-13H2,1-3H3. The van der Waals surface area contributed by atoms with E-state index in [4.69, 9.17) is 9.47 Å². The van der Waals surface area contributed by atoms with Crippen molar-refractivity contribution < 1.29 is 9.47 Å². The molecular weight excluding hydrogens is 262 g/mol. The van der Waals surface area contributed by atoms with Crippen molar-refractivity contribution in [1.82, 2.24) is 0 Å². The highest BCUT2D eigenvalue weighted by Crippen LogP contribution is 2.22. The third-order valence-electron chi connectivity index (χ3n) is 3.29. The molecule has 0 atom stereocenters. The zero-order valence-electron chi connectivity index (χ0n) is 13.0. The number of aryl methyl sites for hydroxylation is 1. The van der Waals surface area contributed by atoms with Crippen LogP contribution in [0.2, 0.25) is 0 Å². The lowest BCUT2D eigenvalue weighted by Crippen LogP contribution is -2.02. The molecule has 0 aliphatic carbocycles. The van der Waals surface area contributed by atoms with Gasteiger partial charge in [0.2, 0.25) is 0 Å². The van der Waals surface area contributed by atoms with Gasteiger partial charge in [-0.15, -0.1) is 0 Å². The van der Waals surface area contributed by atoms with Crippen molar-refractivity contribution >= 4 is 5.69 Å². The molecule has 0 radical (unpaired) electrons. The van der Waals surface area contributed by atoms with Gasteiger partial charge >= 0.3 is 0 Å². The Morgan fingerprint density at radius 3 is 2.57 bits per heavy atom. The van der Waals surface area contributed by atoms with E-state index in [1.807, 2.05) is 13.0 Å². The van der Waals surface area contributed by atoms with E-state index in [9.17, 15) is 0 Å². The third kappa shape index (κ3) is 4.50. The maximum absolute atomic E-state index is 5.51. The molecule has 0 spiro atoms. The first-order valence-corrected chi connectivity index (χ1v) is 7.27. The number of anilines is 1. The summed E-state index contributed by atoms with van der Waals surface area (Å²) in [5.74, 6) is 0.919. The van der Waals surface area contributed by atoms with Crippen LogP contribution in [-0.4, -0.2) is 13.7 Å². The lowest BCUT2D eigenvalue weighted by atomic mass is 10.1. The summed E-state index contributed by atoms with van der Waals surface area (Å²) in [7, 11) is 1.72. The molecule has 3 nitrogen and oxygen atoms in total. The SMILES string of the molecule is CCOc1ccc(NCc2cccc(COC)c2)c(C)c1. The van der Waals surface area contributed by atoms with Crippen molar-refractivity contribution in [2.24, 2.45) is 0 Å². The van der Waals surface area contributed by atoms with E-state index >= 15 is 0 Å². The minimum atomic E-state index is 0.649. The number of benzene rings is 2. The normalized spacial score (nSPS) is 10.4. The molecule has 0 aliphatic rings. The summed E-state index contributed by atoms with van der Waals surface area (Å²) in [4.78, 5) is 0. The summed E-state index contributed by atoms with van der Waals surface area (Å²) < 4.78 is 10.7. The topological polar surface area (TPSA) is 30.5 Å². The van der Waals surface area contributed by atoms with E-state index in [2.05, 4.69) is 48.6 Å². The van der Waals surface area contributed by atoms with Crippen LogP contribution in [0.15, 0.2) is 42.5 Å². The van der Waals surface area contributed by atoms with Gasteiger partial charge in [-0.1, -0.05) is 24.3 Å². The van der Waals surface area contributed by atoms with Crippen LogP contribution in [0.25, 0.3) is 0 Å². The zero-order chi connectivity index (χ0) is 15.1. The van der Waals surface area contributed by atoms with Crippen LogP contribution in [0.3, 0.4) is 0 Å². The van der Waals surface area contributed by atoms with Crippen LogP contribution >= 0.6 is 0 Å². The van der Waals surface area contributed by atoms with Crippen molar-refractivity contribution in [2.45, 2.75) is 27.0 Å². The number of hydrogen-bond acceptors (Lipinski definition) is 3. The maximum atomic E-state index is 5.51.